The van der Waals surface area contributed by atoms with E-state index in [1.165, 1.54) is 6.20 Å². The number of aromatic nitrogens is 2. The number of rotatable bonds is 2. The summed E-state index contributed by atoms with van der Waals surface area (Å²) in [5.41, 5.74) is 2.28. The largest absolute Gasteiger partial charge is 0.493 e. The minimum Gasteiger partial charge on any atom is -0.493 e. The minimum atomic E-state index is -0.500. The van der Waals surface area contributed by atoms with Gasteiger partial charge in [0.1, 0.15) is 0 Å². The van der Waals surface area contributed by atoms with E-state index >= 15 is 0 Å². The highest BCUT2D eigenvalue weighted by molar-refractivity contribution is 5.97. The van der Waals surface area contributed by atoms with Gasteiger partial charge in [-0.15, -0.1) is 10.2 Å². The van der Waals surface area contributed by atoms with Crippen LogP contribution in [0.2, 0.25) is 0 Å². The number of nitrogens with zero attached hydrogens (tertiary/aromatic N) is 4. The van der Waals surface area contributed by atoms with E-state index in [9.17, 15) is 9.90 Å². The lowest BCUT2D eigenvalue weighted by Crippen LogP contribution is -1.95. The summed E-state index contributed by atoms with van der Waals surface area (Å²) >= 11 is 0. The lowest BCUT2D eigenvalue weighted by Gasteiger charge is -1.96. The van der Waals surface area contributed by atoms with E-state index in [-0.39, 0.29) is 11.6 Å². The zero-order valence-electron chi connectivity index (χ0n) is 12.2. The molecule has 2 aromatic heterocycles. The summed E-state index contributed by atoms with van der Waals surface area (Å²) < 4.78 is 1.60. The molecular weight excluding hydrogens is 280 g/mol. The number of carbonyl (C=O) groups excluding carboxylic acids is 1. The van der Waals surface area contributed by atoms with E-state index in [1.807, 2.05) is 31.2 Å². The molecule has 2 heterocycles. The van der Waals surface area contributed by atoms with Crippen molar-refractivity contribution in [2.24, 2.45) is 17.3 Å². The minimum absolute atomic E-state index is 0.0280. The molecule has 0 bridgehead atoms. The van der Waals surface area contributed by atoms with Crippen LogP contribution >= 0.6 is 0 Å². The molecule has 0 fully saturated rings. The van der Waals surface area contributed by atoms with Gasteiger partial charge in [0, 0.05) is 24.3 Å². The SMILES string of the molecule is Cc1ccc(C(=O)N=Nc2c(O)n(C)c3ccccc23)cn1. The molecular formula is C16H14N4O2. The quantitative estimate of drug-likeness (QED) is 0.734. The molecule has 1 amide bonds. The summed E-state index contributed by atoms with van der Waals surface area (Å²) in [5, 5.41) is 18.5. The molecule has 3 rings (SSSR count). The van der Waals surface area contributed by atoms with Gasteiger partial charge in [-0.3, -0.25) is 9.78 Å². The predicted molar refractivity (Wildman–Crippen MR) is 82.4 cm³/mol. The van der Waals surface area contributed by atoms with E-state index in [0.717, 1.165) is 16.6 Å². The van der Waals surface area contributed by atoms with Gasteiger partial charge < -0.3 is 9.67 Å². The number of fused-ring (bicyclic) bond motifs is 1. The maximum absolute atomic E-state index is 12.0. The first-order valence-corrected chi connectivity index (χ1v) is 6.73. The number of para-hydroxylation sites is 1. The van der Waals surface area contributed by atoms with E-state index in [0.29, 0.717) is 5.56 Å². The van der Waals surface area contributed by atoms with Crippen molar-refractivity contribution in [2.75, 3.05) is 0 Å². The molecule has 0 saturated heterocycles. The fourth-order valence-corrected chi connectivity index (χ4v) is 2.21. The molecule has 3 aromatic rings. The molecule has 1 aromatic carbocycles. The number of hydrogen-bond acceptors (Lipinski definition) is 4. The molecule has 6 nitrogen and oxygen atoms in total. The maximum atomic E-state index is 12.0. The van der Waals surface area contributed by atoms with Crippen LogP contribution in [0.4, 0.5) is 5.69 Å². The Balaban J connectivity index is 1.97. The Morgan fingerprint density at radius 2 is 2.00 bits per heavy atom. The summed E-state index contributed by atoms with van der Waals surface area (Å²) in [7, 11) is 1.72. The Kier molecular flexibility index (Phi) is 3.42. The standard InChI is InChI=1S/C16H14N4O2/c1-10-7-8-11(9-17-10)15(21)19-18-14-12-5-3-4-6-13(12)20(2)16(14)22/h3-9,22H,1-2H3. The first kappa shape index (κ1) is 13.9. The van der Waals surface area contributed by atoms with Gasteiger partial charge in [-0.25, -0.2) is 0 Å². The van der Waals surface area contributed by atoms with Crippen LogP contribution < -0.4 is 0 Å². The number of carbonyl (C=O) groups is 1. The number of benzene rings is 1. The molecule has 0 aliphatic rings. The third-order valence-corrected chi connectivity index (χ3v) is 3.45. The number of amides is 1. The second kappa shape index (κ2) is 5.40. The maximum Gasteiger partial charge on any atom is 0.296 e. The van der Waals surface area contributed by atoms with E-state index < -0.39 is 5.91 Å². The van der Waals surface area contributed by atoms with Crippen molar-refractivity contribution >= 4 is 22.5 Å². The Morgan fingerprint density at radius 1 is 1.23 bits per heavy atom. The highest BCUT2D eigenvalue weighted by Gasteiger charge is 2.14. The van der Waals surface area contributed by atoms with Crippen molar-refractivity contribution in [3.63, 3.8) is 0 Å². The summed E-state index contributed by atoms with van der Waals surface area (Å²) in [4.78, 5) is 16.0. The molecule has 0 unspecified atom stereocenters. The third-order valence-electron chi connectivity index (χ3n) is 3.45. The van der Waals surface area contributed by atoms with E-state index in [4.69, 9.17) is 0 Å². The molecule has 0 aliphatic carbocycles. The van der Waals surface area contributed by atoms with Crippen LogP contribution in [0.15, 0.2) is 52.8 Å². The normalized spacial score (nSPS) is 11.4. The van der Waals surface area contributed by atoms with Crippen molar-refractivity contribution in [3.8, 4) is 5.88 Å². The van der Waals surface area contributed by atoms with Gasteiger partial charge >= 0.3 is 0 Å². The van der Waals surface area contributed by atoms with Gasteiger partial charge in [0.2, 0.25) is 5.88 Å². The van der Waals surface area contributed by atoms with Crippen molar-refractivity contribution in [1.29, 1.82) is 0 Å². The van der Waals surface area contributed by atoms with E-state index in [2.05, 4.69) is 15.2 Å². The molecule has 0 aliphatic heterocycles. The van der Waals surface area contributed by atoms with Crippen LogP contribution in [0, 0.1) is 6.92 Å². The average Bonchev–Trinajstić information content (AvgIpc) is 2.78. The molecule has 0 saturated carbocycles. The summed E-state index contributed by atoms with van der Waals surface area (Å²) in [6, 6.07) is 10.8. The van der Waals surface area contributed by atoms with Crippen LogP contribution in [0.3, 0.4) is 0 Å². The number of aryl methyl sites for hydroxylation is 2. The van der Waals surface area contributed by atoms with Crippen LogP contribution in [-0.4, -0.2) is 20.6 Å². The highest BCUT2D eigenvalue weighted by Crippen LogP contribution is 2.37. The lowest BCUT2D eigenvalue weighted by atomic mass is 10.2. The molecule has 22 heavy (non-hydrogen) atoms. The molecule has 0 radical (unpaired) electrons. The lowest BCUT2D eigenvalue weighted by molar-refractivity contribution is 0.0994. The molecule has 0 atom stereocenters. The first-order valence-electron chi connectivity index (χ1n) is 6.73. The second-order valence-corrected chi connectivity index (χ2v) is 4.94. The monoisotopic (exact) mass is 294 g/mol. The number of azo groups is 1. The van der Waals surface area contributed by atoms with Crippen LogP contribution in [0.1, 0.15) is 16.1 Å². The summed E-state index contributed by atoms with van der Waals surface area (Å²) in [6.07, 6.45) is 1.46. The summed E-state index contributed by atoms with van der Waals surface area (Å²) in [5.74, 6) is -0.528. The Morgan fingerprint density at radius 3 is 2.73 bits per heavy atom. The van der Waals surface area contributed by atoms with Crippen molar-refractivity contribution in [1.82, 2.24) is 9.55 Å². The van der Waals surface area contributed by atoms with Crippen molar-refractivity contribution in [2.45, 2.75) is 6.92 Å². The molecule has 110 valence electrons. The third kappa shape index (κ3) is 2.35. The summed E-state index contributed by atoms with van der Waals surface area (Å²) in [6.45, 7) is 1.84. The fourth-order valence-electron chi connectivity index (χ4n) is 2.21. The smallest absolute Gasteiger partial charge is 0.296 e. The van der Waals surface area contributed by atoms with Gasteiger partial charge in [-0.05, 0) is 25.1 Å². The fraction of sp³-hybridized carbons (Fsp3) is 0.125. The number of pyridine rings is 1. The second-order valence-electron chi connectivity index (χ2n) is 4.94. The Hall–Kier alpha value is -3.02. The number of aromatic hydroxyl groups is 1. The average molecular weight is 294 g/mol. The van der Waals surface area contributed by atoms with Crippen LogP contribution in [0.5, 0.6) is 5.88 Å². The highest BCUT2D eigenvalue weighted by atomic mass is 16.3. The molecule has 1 N–H and O–H groups in total. The van der Waals surface area contributed by atoms with Gasteiger partial charge in [0.25, 0.3) is 5.91 Å². The van der Waals surface area contributed by atoms with Gasteiger partial charge in [-0.2, -0.15) is 0 Å². The van der Waals surface area contributed by atoms with Crippen molar-refractivity contribution < 1.29 is 9.90 Å². The van der Waals surface area contributed by atoms with Crippen molar-refractivity contribution in [3.05, 3.63) is 53.9 Å². The van der Waals surface area contributed by atoms with Crippen LogP contribution in [0.25, 0.3) is 10.9 Å². The topological polar surface area (TPSA) is 79.8 Å². The van der Waals surface area contributed by atoms with Crippen LogP contribution in [-0.2, 0) is 7.05 Å². The zero-order valence-corrected chi connectivity index (χ0v) is 12.2. The Bertz CT molecular complexity index is 879. The van der Waals surface area contributed by atoms with Gasteiger partial charge in [-0.1, -0.05) is 18.2 Å². The van der Waals surface area contributed by atoms with Gasteiger partial charge in [0.15, 0.2) is 5.69 Å². The predicted octanol–water partition coefficient (Wildman–Crippen LogP) is 3.51. The molecule has 6 heteroatoms. The van der Waals surface area contributed by atoms with E-state index in [1.54, 1.807) is 23.7 Å². The zero-order chi connectivity index (χ0) is 15.7. The molecule has 0 spiro atoms. The first-order chi connectivity index (χ1) is 10.6. The number of hydrogen-bond donors (Lipinski definition) is 1. The Labute approximate surface area is 126 Å². The van der Waals surface area contributed by atoms with Gasteiger partial charge in [0.05, 0.1) is 11.1 Å².